The molecule has 0 aromatic heterocycles. The number of nitrogens with zero attached hydrogens (tertiary/aromatic N) is 4. The van der Waals surface area contributed by atoms with Crippen molar-refractivity contribution in [2.75, 3.05) is 85.1 Å². The van der Waals surface area contributed by atoms with Gasteiger partial charge in [0.05, 0.1) is 37.4 Å². The van der Waals surface area contributed by atoms with E-state index in [2.05, 4.69) is 21.3 Å². The minimum atomic E-state index is -3.76. The molecule has 0 spiro atoms. The number of ketones is 3. The van der Waals surface area contributed by atoms with Crippen LogP contribution in [0.1, 0.15) is 167 Å². The van der Waals surface area contributed by atoms with Crippen molar-refractivity contribution in [3.05, 3.63) is 29.8 Å². The molecule has 35 heteroatoms. The molecule has 2 rings (SSSR count). The van der Waals surface area contributed by atoms with Crippen LogP contribution in [0.5, 0.6) is 0 Å². The molecule has 1 aromatic rings. The lowest BCUT2D eigenvalue weighted by atomic mass is 9.90. The van der Waals surface area contributed by atoms with Crippen LogP contribution in [0.25, 0.3) is 0 Å². The van der Waals surface area contributed by atoms with Crippen LogP contribution in [0.15, 0.2) is 24.3 Å². The van der Waals surface area contributed by atoms with Gasteiger partial charge in [0.1, 0.15) is 35.5 Å². The van der Waals surface area contributed by atoms with Gasteiger partial charge in [-0.25, -0.2) is 9.59 Å². The van der Waals surface area contributed by atoms with Crippen molar-refractivity contribution in [2.24, 2.45) is 17.8 Å². The largest absolute Gasteiger partial charge is 0.481 e. The first-order valence-corrected chi connectivity index (χ1v) is 35.8. The van der Waals surface area contributed by atoms with Gasteiger partial charge >= 0.3 is 53.7 Å². The second-order valence-corrected chi connectivity index (χ2v) is 32.7. The number of carbonyl (C=O) groups is 16. The normalized spacial score (nSPS) is 15.8. The predicted octanol–water partition coefficient (Wildman–Crippen LogP) is 2.15. The number of nitrogens with one attached hydrogen (secondary N) is 4. The molecule has 102 heavy (non-hydrogen) atoms. The smallest absolute Gasteiger partial charge is 0.326 e. The molecule has 1 heterocycles. The topological polar surface area (TPSA) is 516 Å². The molecule has 1 fully saturated rings. The van der Waals surface area contributed by atoms with E-state index in [1.54, 1.807) is 0 Å². The van der Waals surface area contributed by atoms with Gasteiger partial charge < -0.3 is 71.3 Å². The molecular weight excluding hydrogens is 1360 g/mol. The molecule has 0 radical (unpaired) electrons. The fourth-order valence-corrected chi connectivity index (χ4v) is 16.8. The van der Waals surface area contributed by atoms with Crippen LogP contribution in [-0.4, -0.2) is 272 Å². The van der Waals surface area contributed by atoms with Gasteiger partial charge in [-0.15, -0.1) is 0 Å². The Kier molecular flexibility index (Phi) is 38.5. The van der Waals surface area contributed by atoms with Crippen molar-refractivity contribution >= 4 is 108 Å². The molecular formula is C67H103FN8O25Si. The number of unbranched alkanes of at least 4 members (excludes halogenated alkanes) is 2. The summed E-state index contributed by atoms with van der Waals surface area (Å²) in [5.41, 5.74) is 0.0713. The van der Waals surface area contributed by atoms with Crippen LogP contribution < -0.4 is 26.5 Å². The number of halogens is 1. The second-order valence-electron chi connectivity index (χ2n) is 27.8. The van der Waals surface area contributed by atoms with Gasteiger partial charge in [-0.1, -0.05) is 60.1 Å². The van der Waals surface area contributed by atoms with E-state index < -0.39 is 214 Å². The summed E-state index contributed by atoms with van der Waals surface area (Å²) in [5.74, 6) is -21.2. The third-order valence-corrected chi connectivity index (χ3v) is 23.0. The minimum Gasteiger partial charge on any atom is -0.481 e. The fraction of sp³-hybridized carbons (Fsp3) is 0.672. The molecule has 1 aliphatic heterocycles. The maximum absolute atomic E-state index is 17.2. The van der Waals surface area contributed by atoms with Gasteiger partial charge in [-0.3, -0.25) is 86.7 Å². The number of carboxylic acid groups (broad SMARTS) is 9. The van der Waals surface area contributed by atoms with Crippen molar-refractivity contribution in [3.63, 3.8) is 0 Å². The number of hydrogen-bond donors (Lipinski definition) is 13. The molecule has 1 saturated heterocycles. The van der Waals surface area contributed by atoms with Gasteiger partial charge in [-0.2, -0.15) is 0 Å². The zero-order valence-electron chi connectivity index (χ0n) is 58.9. The van der Waals surface area contributed by atoms with Gasteiger partial charge in [0.15, 0.2) is 0 Å². The Bertz CT molecular complexity index is 3040. The predicted molar refractivity (Wildman–Crippen MR) is 364 cm³/mol. The number of carbonyl (C=O) groups excluding carboxylic acids is 7. The van der Waals surface area contributed by atoms with Gasteiger partial charge in [-0.05, 0) is 78.8 Å². The lowest BCUT2D eigenvalue weighted by molar-refractivity contribution is -0.147. The zero-order chi connectivity index (χ0) is 77.2. The first kappa shape index (κ1) is 89.4. The fourth-order valence-electron chi connectivity index (χ4n) is 12.2. The van der Waals surface area contributed by atoms with E-state index in [1.165, 1.54) is 43.9 Å². The Labute approximate surface area is 591 Å². The molecule has 33 nitrogen and oxygen atoms in total. The van der Waals surface area contributed by atoms with Crippen LogP contribution in [0, 0.1) is 17.8 Å². The summed E-state index contributed by atoms with van der Waals surface area (Å²) in [6.07, 6.45) is -4.80. The van der Waals surface area contributed by atoms with Crippen LogP contribution in [-0.2, 0) is 71.9 Å². The standard InChI is InChI=1S/C67H103FN8O25Si/c1-66(2,3)102(68,67(4,5)6)49-20-14-42(15-21-49)59(90)70-38-45(37-47(78)18-22-52(65(100)101)76-33-31-74(40-57(86)87)29-27-73(39-56(84)85)28-30-75(32-34-76)41-58(88)89)60(91)72-51(64(98)99)13-9-10-26-69-53(80)24-19-46(77)11-7-8-12-50(63(96)97)71-54(81)23-16-43(61(92)93)35-48(79)36-44(62(94)95)17-25-55(82)83/h14-15,20-21,43-45,50-52H,7-13,16-19,22-41H2,1-6H3,(H,69,80)(H,70,90)(H,71,81)(H,72,91)(H,82,83)(H,84,85)(H,86,87)(H,88,89)(H,92,93)(H,94,95)(H,96,97)(H,98,99)(H,100,101)/t43-,44-,45+,50+,51+,52-/m1/s1. The second kappa shape index (κ2) is 44.0. The van der Waals surface area contributed by atoms with Crippen LogP contribution in [0.3, 0.4) is 0 Å². The summed E-state index contributed by atoms with van der Waals surface area (Å²) in [6.45, 7) is 8.94. The average Bonchev–Trinajstić information content (AvgIpc) is 0.748. The highest BCUT2D eigenvalue weighted by Gasteiger charge is 2.56. The third kappa shape index (κ3) is 33.4. The summed E-state index contributed by atoms with van der Waals surface area (Å²) >= 11 is 0. The number of hydrogen-bond acceptors (Lipinski definition) is 20. The van der Waals surface area contributed by atoms with Crippen LogP contribution in [0.4, 0.5) is 4.11 Å². The number of carboxylic acids is 9. The van der Waals surface area contributed by atoms with Crippen LogP contribution in [0.2, 0.25) is 10.1 Å². The van der Waals surface area contributed by atoms with Crippen molar-refractivity contribution in [1.82, 2.24) is 40.9 Å². The average molecular weight is 1470 g/mol. The molecule has 13 N–H and O–H groups in total. The molecule has 6 atom stereocenters. The maximum Gasteiger partial charge on any atom is 0.326 e. The number of Topliss-reactive ketones (excluding diaryl/α,β-unsaturated/α-hetero) is 3. The molecule has 0 saturated carbocycles. The summed E-state index contributed by atoms with van der Waals surface area (Å²) in [5, 5.41) is 96.1. The minimum absolute atomic E-state index is 0.0163. The monoisotopic (exact) mass is 1470 g/mol. The van der Waals surface area contributed by atoms with Crippen molar-refractivity contribution in [2.45, 2.75) is 185 Å². The van der Waals surface area contributed by atoms with Crippen molar-refractivity contribution in [3.8, 4) is 0 Å². The highest BCUT2D eigenvalue weighted by Crippen LogP contribution is 2.51. The van der Waals surface area contributed by atoms with E-state index in [-0.39, 0.29) is 141 Å². The van der Waals surface area contributed by atoms with E-state index in [9.17, 15) is 118 Å². The summed E-state index contributed by atoms with van der Waals surface area (Å²) in [6, 6.07) is 1.51. The highest BCUT2D eigenvalue weighted by molar-refractivity contribution is 6.90. The lowest BCUT2D eigenvalue weighted by Gasteiger charge is -2.44. The lowest BCUT2D eigenvalue weighted by Crippen LogP contribution is -2.57. The number of aliphatic carboxylic acids is 9. The Hall–Kier alpha value is -8.67. The van der Waals surface area contributed by atoms with E-state index in [1.807, 2.05) is 41.5 Å². The Morgan fingerprint density at radius 1 is 0.431 bits per heavy atom. The molecule has 4 amide bonds. The van der Waals surface area contributed by atoms with Crippen molar-refractivity contribution < 1.29 is 127 Å². The number of rotatable bonds is 47. The van der Waals surface area contributed by atoms with E-state index in [0.717, 1.165) is 0 Å². The van der Waals surface area contributed by atoms with Crippen molar-refractivity contribution in [1.29, 1.82) is 0 Å². The molecule has 1 aliphatic rings. The maximum atomic E-state index is 17.2. The summed E-state index contributed by atoms with van der Waals surface area (Å²) < 4.78 is 17.2. The molecule has 572 valence electrons. The Morgan fingerprint density at radius 2 is 0.882 bits per heavy atom. The molecule has 0 aliphatic carbocycles. The first-order chi connectivity index (χ1) is 47.5. The van der Waals surface area contributed by atoms with E-state index in [0.29, 0.717) is 5.19 Å². The first-order valence-electron chi connectivity index (χ1n) is 34.0. The summed E-state index contributed by atoms with van der Waals surface area (Å²) in [4.78, 5) is 206. The quantitative estimate of drug-likeness (QED) is 0.0253. The zero-order valence-corrected chi connectivity index (χ0v) is 59.9. The molecule has 1 aromatic carbocycles. The Morgan fingerprint density at radius 3 is 1.32 bits per heavy atom. The molecule has 0 unspecified atom stereocenters. The highest BCUT2D eigenvalue weighted by atomic mass is 28.4. The SMILES string of the molecule is CC(C)(C)[Si](F)(c1ccc(C(=O)NC[C@H](CC(=O)CC[C@H](C(=O)O)N2CCN(CC(=O)O)CCN(CC(=O)O)CCN(CC(=O)O)CC2)C(=O)N[C@@H](CCCCNC(=O)CCC(=O)CCCC[C@H](NC(=O)CC[C@H](CC(=O)C[C@@H](CCC(=O)O)C(=O)O)C(=O)O)C(=O)O)C(=O)O)cc1)C(C)(C)C. The van der Waals surface area contributed by atoms with Gasteiger partial charge in [0.25, 0.3) is 14.3 Å². The molecule has 0 bridgehead atoms. The number of amides is 4. The van der Waals surface area contributed by atoms with E-state index in [4.69, 9.17) is 5.11 Å². The van der Waals surface area contributed by atoms with Gasteiger partial charge in [0, 0.05) is 129 Å². The Balaban J connectivity index is 2.15. The van der Waals surface area contributed by atoms with E-state index >= 15 is 4.11 Å². The van der Waals surface area contributed by atoms with Crippen LogP contribution >= 0.6 is 0 Å². The third-order valence-electron chi connectivity index (χ3n) is 17.7. The van der Waals surface area contributed by atoms with Gasteiger partial charge in [0.2, 0.25) is 17.7 Å². The summed E-state index contributed by atoms with van der Waals surface area (Å²) in [7, 11) is -3.76. The number of benzene rings is 1.